The minimum absolute atomic E-state index is 0.00269. The van der Waals surface area contributed by atoms with Crippen molar-refractivity contribution in [2.24, 2.45) is 0 Å². The molecular weight excluding hydrogens is 432 g/mol. The monoisotopic (exact) mass is 454 g/mol. The number of ether oxygens (including phenoxy) is 3. The van der Waals surface area contributed by atoms with Crippen molar-refractivity contribution in [1.29, 1.82) is 0 Å². The predicted octanol–water partition coefficient (Wildman–Crippen LogP) is 5.75. The lowest BCUT2D eigenvalue weighted by atomic mass is 10.0. The third-order valence-electron chi connectivity index (χ3n) is 4.16. The van der Waals surface area contributed by atoms with Gasteiger partial charge in [-0.1, -0.05) is 17.7 Å². The van der Waals surface area contributed by atoms with E-state index in [9.17, 15) is 4.79 Å². The summed E-state index contributed by atoms with van der Waals surface area (Å²) in [5.41, 5.74) is 2.22. The topological polar surface area (TPSA) is 44.8 Å². The third-order valence-corrected chi connectivity index (χ3v) is 5.01. The largest absolute Gasteiger partial charge is 0.493 e. The molecule has 0 saturated carbocycles. The van der Waals surface area contributed by atoms with Crippen molar-refractivity contribution in [3.05, 3.63) is 57.0 Å². The number of carbonyl (C=O) groups excluding carboxylic acids is 1. The summed E-state index contributed by atoms with van der Waals surface area (Å²) in [6.45, 7) is 4.57. The van der Waals surface area contributed by atoms with Crippen LogP contribution in [0.4, 0.5) is 0 Å². The Balaban J connectivity index is 1.80. The Morgan fingerprint density at radius 3 is 2.67 bits per heavy atom. The zero-order valence-electron chi connectivity index (χ0n) is 15.8. The second-order valence-corrected chi connectivity index (χ2v) is 7.60. The highest BCUT2D eigenvalue weighted by molar-refractivity contribution is 9.10. The van der Waals surface area contributed by atoms with Crippen LogP contribution in [-0.2, 0) is 16.0 Å². The van der Waals surface area contributed by atoms with E-state index in [1.54, 1.807) is 6.07 Å². The van der Waals surface area contributed by atoms with Crippen LogP contribution < -0.4 is 9.47 Å². The minimum Gasteiger partial charge on any atom is -0.493 e. The van der Waals surface area contributed by atoms with Crippen molar-refractivity contribution in [1.82, 2.24) is 0 Å². The quantitative estimate of drug-likeness (QED) is 0.451. The van der Waals surface area contributed by atoms with Gasteiger partial charge in [0.15, 0.2) is 0 Å². The Labute approximate surface area is 173 Å². The van der Waals surface area contributed by atoms with Crippen LogP contribution >= 0.6 is 27.5 Å². The van der Waals surface area contributed by atoms with Gasteiger partial charge >= 0.3 is 5.97 Å². The second-order valence-electron chi connectivity index (χ2n) is 6.30. The maximum atomic E-state index is 11.3. The van der Waals surface area contributed by atoms with E-state index in [1.807, 2.05) is 44.2 Å². The molecule has 0 bridgehead atoms. The van der Waals surface area contributed by atoms with Crippen LogP contribution in [0.2, 0.25) is 5.02 Å². The number of hydrogen-bond acceptors (Lipinski definition) is 4. The van der Waals surface area contributed by atoms with E-state index in [0.717, 1.165) is 33.5 Å². The van der Waals surface area contributed by atoms with Crippen LogP contribution in [0.15, 0.2) is 40.9 Å². The summed E-state index contributed by atoms with van der Waals surface area (Å²) in [6, 6.07) is 11.4. The van der Waals surface area contributed by atoms with Gasteiger partial charge < -0.3 is 14.2 Å². The van der Waals surface area contributed by atoms with Crippen LogP contribution in [0, 0.1) is 6.92 Å². The first kappa shape index (κ1) is 21.6. The summed E-state index contributed by atoms with van der Waals surface area (Å²) in [7, 11) is 1.41. The number of esters is 1. The average Bonchev–Trinajstić information content (AvgIpc) is 2.63. The van der Waals surface area contributed by atoms with Gasteiger partial charge in [-0.3, -0.25) is 4.79 Å². The van der Waals surface area contributed by atoms with E-state index in [0.29, 0.717) is 24.5 Å². The van der Waals surface area contributed by atoms with Gasteiger partial charge in [0, 0.05) is 17.9 Å². The maximum Gasteiger partial charge on any atom is 0.305 e. The zero-order valence-corrected chi connectivity index (χ0v) is 18.1. The highest BCUT2D eigenvalue weighted by Gasteiger charge is 2.09. The molecule has 0 aliphatic rings. The van der Waals surface area contributed by atoms with Crippen LogP contribution in [0.5, 0.6) is 11.5 Å². The van der Waals surface area contributed by atoms with Crippen molar-refractivity contribution in [3.8, 4) is 11.5 Å². The van der Waals surface area contributed by atoms with E-state index in [1.165, 1.54) is 7.11 Å². The lowest BCUT2D eigenvalue weighted by molar-refractivity contribution is -0.140. The second kappa shape index (κ2) is 10.6. The van der Waals surface area contributed by atoms with Gasteiger partial charge in [0.2, 0.25) is 0 Å². The fourth-order valence-electron chi connectivity index (χ4n) is 2.57. The molecule has 2 aromatic rings. The number of carbonyl (C=O) groups is 1. The van der Waals surface area contributed by atoms with E-state index in [-0.39, 0.29) is 12.1 Å². The molecule has 0 N–H and O–H groups in total. The number of benzene rings is 2. The number of methoxy groups -OCH3 is 1. The Bertz CT molecular complexity index is 779. The summed E-state index contributed by atoms with van der Waals surface area (Å²) < 4.78 is 17.3. The molecule has 1 atom stereocenters. The van der Waals surface area contributed by atoms with Crippen LogP contribution in [0.1, 0.15) is 30.9 Å². The van der Waals surface area contributed by atoms with Crippen molar-refractivity contribution in [2.75, 3.05) is 13.7 Å². The van der Waals surface area contributed by atoms with Crippen LogP contribution in [-0.4, -0.2) is 25.8 Å². The van der Waals surface area contributed by atoms with Gasteiger partial charge in [-0.05, 0) is 77.7 Å². The van der Waals surface area contributed by atoms with Gasteiger partial charge in [0.25, 0.3) is 0 Å². The molecule has 0 aromatic heterocycles. The molecule has 0 amide bonds. The van der Waals surface area contributed by atoms with Crippen molar-refractivity contribution < 1.29 is 19.0 Å². The fourth-order valence-corrected chi connectivity index (χ4v) is 3.34. The first-order chi connectivity index (χ1) is 12.9. The Morgan fingerprint density at radius 2 is 2.00 bits per heavy atom. The zero-order chi connectivity index (χ0) is 19.8. The minimum atomic E-state index is -0.198. The first-order valence-corrected chi connectivity index (χ1v) is 9.97. The van der Waals surface area contributed by atoms with Gasteiger partial charge in [-0.15, -0.1) is 0 Å². The molecule has 0 radical (unpaired) electrons. The molecule has 0 fully saturated rings. The van der Waals surface area contributed by atoms with E-state index >= 15 is 0 Å². The molecule has 6 heteroatoms. The molecule has 4 nitrogen and oxygen atoms in total. The summed E-state index contributed by atoms with van der Waals surface area (Å²) in [6.07, 6.45) is 1.80. The van der Waals surface area contributed by atoms with Gasteiger partial charge in [0.1, 0.15) is 11.5 Å². The first-order valence-electron chi connectivity index (χ1n) is 8.80. The maximum absolute atomic E-state index is 11.3. The van der Waals surface area contributed by atoms with Crippen molar-refractivity contribution in [3.63, 3.8) is 0 Å². The van der Waals surface area contributed by atoms with Crippen LogP contribution in [0.3, 0.4) is 0 Å². The molecule has 2 rings (SSSR count). The lowest BCUT2D eigenvalue weighted by Crippen LogP contribution is -2.16. The molecule has 0 aliphatic heterocycles. The van der Waals surface area contributed by atoms with Crippen molar-refractivity contribution in [2.45, 2.75) is 39.2 Å². The number of hydrogen-bond donors (Lipinski definition) is 0. The number of aryl methyl sites for hydroxylation is 2. The summed E-state index contributed by atoms with van der Waals surface area (Å²) in [4.78, 5) is 11.3. The molecule has 0 saturated heterocycles. The molecule has 146 valence electrons. The van der Waals surface area contributed by atoms with Crippen LogP contribution in [0.25, 0.3) is 0 Å². The Hall–Kier alpha value is -1.72. The Kier molecular flexibility index (Phi) is 8.45. The smallest absolute Gasteiger partial charge is 0.305 e. The molecule has 1 unspecified atom stereocenters. The molecular formula is C21H24BrClO4. The Morgan fingerprint density at radius 1 is 1.22 bits per heavy atom. The lowest BCUT2D eigenvalue weighted by Gasteiger charge is -2.17. The fraction of sp³-hybridized carbons (Fsp3) is 0.381. The summed E-state index contributed by atoms with van der Waals surface area (Å²) in [5, 5.41) is 0.663. The predicted molar refractivity (Wildman–Crippen MR) is 111 cm³/mol. The average molecular weight is 456 g/mol. The highest BCUT2D eigenvalue weighted by Crippen LogP contribution is 2.29. The highest BCUT2D eigenvalue weighted by atomic mass is 79.9. The number of halogens is 2. The SMILES string of the molecule is COC(=O)CCc1ccc(OCCC(C)Oc2ccc(Cl)cc2Br)cc1C. The van der Waals surface area contributed by atoms with Crippen molar-refractivity contribution >= 4 is 33.5 Å². The standard InChI is InChI=1S/C21H24BrClO4/c1-14-12-18(7-4-16(14)5-9-21(24)25-3)26-11-10-15(2)27-20-8-6-17(23)13-19(20)22/h4,6-8,12-13,15H,5,9-11H2,1-3H3. The summed E-state index contributed by atoms with van der Waals surface area (Å²) in [5.74, 6) is 1.38. The molecule has 0 spiro atoms. The van der Waals surface area contributed by atoms with Gasteiger partial charge in [-0.2, -0.15) is 0 Å². The van der Waals surface area contributed by atoms with Gasteiger partial charge in [0.05, 0.1) is 24.3 Å². The third kappa shape index (κ3) is 7.07. The number of rotatable bonds is 9. The molecule has 2 aromatic carbocycles. The molecule has 0 aliphatic carbocycles. The van der Waals surface area contributed by atoms with E-state index in [4.69, 9.17) is 21.1 Å². The molecule has 0 heterocycles. The van der Waals surface area contributed by atoms with E-state index in [2.05, 4.69) is 20.7 Å². The summed E-state index contributed by atoms with van der Waals surface area (Å²) >= 11 is 9.39. The van der Waals surface area contributed by atoms with Gasteiger partial charge in [-0.25, -0.2) is 0 Å². The van der Waals surface area contributed by atoms with E-state index < -0.39 is 0 Å². The molecule has 27 heavy (non-hydrogen) atoms. The normalized spacial score (nSPS) is 11.7.